The molecule has 0 bridgehead atoms. The molecular formula is C19H22ClN3OS. The molecule has 1 aromatic heterocycles. The van der Waals surface area contributed by atoms with E-state index in [0.29, 0.717) is 11.1 Å². The van der Waals surface area contributed by atoms with Crippen LogP contribution in [0.15, 0.2) is 34.1 Å². The van der Waals surface area contributed by atoms with Crippen LogP contribution in [-0.4, -0.2) is 14.8 Å². The summed E-state index contributed by atoms with van der Waals surface area (Å²) in [5.74, 6) is 0.827. The van der Waals surface area contributed by atoms with Crippen LogP contribution in [0.4, 0.5) is 5.82 Å². The minimum atomic E-state index is -0.0273. The standard InChI is InChI=1S/C19H22ClN3OS/c1-12-21-18-16(17(25-12)13-8-10-14(20)11-9-13)19(24)22-23(18)15-6-4-2-3-5-7-15/h8-11,15,17H,2-7H2,1H3,(H,22,24). The molecule has 1 aliphatic carbocycles. The van der Waals surface area contributed by atoms with Crippen LogP contribution < -0.4 is 5.56 Å². The van der Waals surface area contributed by atoms with Gasteiger partial charge in [0.25, 0.3) is 5.56 Å². The number of rotatable bonds is 2. The molecule has 0 saturated heterocycles. The lowest BCUT2D eigenvalue weighted by atomic mass is 10.1. The zero-order chi connectivity index (χ0) is 17.4. The van der Waals surface area contributed by atoms with Crippen LogP contribution in [0.3, 0.4) is 0 Å². The zero-order valence-electron chi connectivity index (χ0n) is 14.3. The van der Waals surface area contributed by atoms with Crippen molar-refractivity contribution in [2.24, 2.45) is 4.99 Å². The van der Waals surface area contributed by atoms with Gasteiger partial charge >= 0.3 is 0 Å². The Morgan fingerprint density at radius 3 is 2.52 bits per heavy atom. The van der Waals surface area contributed by atoms with Crippen molar-refractivity contribution in [3.63, 3.8) is 0 Å². The van der Waals surface area contributed by atoms with Crippen LogP contribution in [0, 0.1) is 0 Å². The van der Waals surface area contributed by atoms with Gasteiger partial charge < -0.3 is 0 Å². The van der Waals surface area contributed by atoms with Crippen molar-refractivity contribution in [3.05, 3.63) is 50.8 Å². The lowest BCUT2D eigenvalue weighted by Crippen LogP contribution is -2.13. The number of benzene rings is 1. The average Bonchev–Trinajstić information content (AvgIpc) is 2.78. The van der Waals surface area contributed by atoms with Gasteiger partial charge in [-0.3, -0.25) is 14.6 Å². The number of fused-ring (bicyclic) bond motifs is 1. The SMILES string of the molecule is CC1=Nc2c(c(=O)[nH]n2C2CCCCCC2)C(c2ccc(Cl)cc2)S1. The zero-order valence-corrected chi connectivity index (χ0v) is 15.9. The molecule has 2 aliphatic rings. The summed E-state index contributed by atoms with van der Waals surface area (Å²) in [6.45, 7) is 2.02. The molecule has 1 fully saturated rings. The van der Waals surface area contributed by atoms with Crippen molar-refractivity contribution >= 4 is 34.2 Å². The lowest BCUT2D eigenvalue weighted by Gasteiger charge is -2.23. The highest BCUT2D eigenvalue weighted by Crippen LogP contribution is 2.45. The van der Waals surface area contributed by atoms with Crippen molar-refractivity contribution in [2.75, 3.05) is 0 Å². The largest absolute Gasteiger partial charge is 0.271 e. The number of aromatic amines is 1. The fourth-order valence-electron chi connectivity index (χ4n) is 3.86. The molecule has 1 aromatic carbocycles. The summed E-state index contributed by atoms with van der Waals surface area (Å²) in [5, 5.41) is 4.77. The van der Waals surface area contributed by atoms with Gasteiger partial charge in [-0.15, -0.1) is 0 Å². The molecule has 0 amide bonds. The second-order valence-electron chi connectivity index (χ2n) is 6.87. The van der Waals surface area contributed by atoms with Crippen LogP contribution in [0.1, 0.15) is 67.9 Å². The van der Waals surface area contributed by atoms with E-state index < -0.39 is 0 Å². The van der Waals surface area contributed by atoms with Gasteiger partial charge in [0.2, 0.25) is 0 Å². The van der Waals surface area contributed by atoms with Crippen molar-refractivity contribution < 1.29 is 0 Å². The summed E-state index contributed by atoms with van der Waals surface area (Å²) >= 11 is 7.67. The Morgan fingerprint density at radius 1 is 1.16 bits per heavy atom. The number of hydrogen-bond donors (Lipinski definition) is 1. The van der Waals surface area contributed by atoms with E-state index in [-0.39, 0.29) is 10.8 Å². The Hall–Kier alpha value is -1.46. The van der Waals surface area contributed by atoms with Gasteiger partial charge in [0, 0.05) is 5.02 Å². The molecule has 1 unspecified atom stereocenters. The molecular weight excluding hydrogens is 354 g/mol. The number of thioether (sulfide) groups is 1. The van der Waals surface area contributed by atoms with E-state index in [1.165, 1.54) is 25.7 Å². The Balaban J connectivity index is 1.79. The maximum Gasteiger partial charge on any atom is 0.271 e. The molecule has 25 heavy (non-hydrogen) atoms. The topological polar surface area (TPSA) is 50.1 Å². The second-order valence-corrected chi connectivity index (χ2v) is 8.61. The highest BCUT2D eigenvalue weighted by molar-refractivity contribution is 8.14. The van der Waals surface area contributed by atoms with Gasteiger partial charge in [-0.2, -0.15) is 0 Å². The van der Waals surface area contributed by atoms with Crippen LogP contribution in [-0.2, 0) is 0 Å². The van der Waals surface area contributed by atoms with Gasteiger partial charge in [-0.05, 0) is 37.5 Å². The summed E-state index contributed by atoms with van der Waals surface area (Å²) in [4.78, 5) is 17.5. The van der Waals surface area contributed by atoms with E-state index in [2.05, 4.69) is 9.78 Å². The van der Waals surface area contributed by atoms with Crippen LogP contribution >= 0.6 is 23.4 Å². The molecule has 4 nitrogen and oxygen atoms in total. The third-order valence-electron chi connectivity index (χ3n) is 5.11. The van der Waals surface area contributed by atoms with E-state index in [1.54, 1.807) is 11.8 Å². The predicted molar refractivity (Wildman–Crippen MR) is 105 cm³/mol. The highest BCUT2D eigenvalue weighted by Gasteiger charge is 2.31. The van der Waals surface area contributed by atoms with Crippen molar-refractivity contribution in [3.8, 4) is 0 Å². The monoisotopic (exact) mass is 375 g/mol. The molecule has 1 saturated carbocycles. The second kappa shape index (κ2) is 7.04. The van der Waals surface area contributed by atoms with Gasteiger partial charge in [0.1, 0.15) is 0 Å². The summed E-state index contributed by atoms with van der Waals surface area (Å²) in [6, 6.07) is 8.13. The maximum absolute atomic E-state index is 12.8. The van der Waals surface area contributed by atoms with Gasteiger partial charge in [-0.25, -0.2) is 4.99 Å². The quantitative estimate of drug-likeness (QED) is 0.693. The summed E-state index contributed by atoms with van der Waals surface area (Å²) in [6.07, 6.45) is 7.25. The number of hydrogen-bond acceptors (Lipinski definition) is 3. The molecule has 1 aliphatic heterocycles. The van der Waals surface area contributed by atoms with Crippen molar-refractivity contribution in [1.82, 2.24) is 9.78 Å². The Labute approximate surface area is 156 Å². The number of nitrogens with one attached hydrogen (secondary N) is 1. The predicted octanol–water partition coefficient (Wildman–Crippen LogP) is 5.61. The third kappa shape index (κ3) is 3.32. The highest BCUT2D eigenvalue weighted by atomic mass is 35.5. The Morgan fingerprint density at radius 2 is 1.84 bits per heavy atom. The minimum absolute atomic E-state index is 0.0112. The number of aliphatic imine (C=N–C) groups is 1. The molecule has 1 atom stereocenters. The maximum atomic E-state index is 12.8. The summed E-state index contributed by atoms with van der Waals surface area (Å²) < 4.78 is 2.05. The molecule has 1 N–H and O–H groups in total. The third-order valence-corrected chi connectivity index (χ3v) is 6.54. The molecule has 132 valence electrons. The van der Waals surface area contributed by atoms with E-state index in [1.807, 2.05) is 31.2 Å². The number of halogens is 1. The first-order chi connectivity index (χ1) is 12.1. The van der Waals surface area contributed by atoms with Gasteiger partial charge in [0.05, 0.1) is 21.9 Å². The Bertz CT molecular complexity index is 845. The molecule has 4 rings (SSSR count). The molecule has 2 aromatic rings. The van der Waals surface area contributed by atoms with Crippen LogP contribution in [0.5, 0.6) is 0 Å². The number of nitrogens with zero attached hydrogens (tertiary/aromatic N) is 2. The van der Waals surface area contributed by atoms with Gasteiger partial charge in [-0.1, -0.05) is 61.2 Å². The smallest absolute Gasteiger partial charge is 0.268 e. The molecule has 0 spiro atoms. The van der Waals surface area contributed by atoms with E-state index in [9.17, 15) is 4.79 Å². The molecule has 6 heteroatoms. The van der Waals surface area contributed by atoms with E-state index in [4.69, 9.17) is 16.6 Å². The first-order valence-electron chi connectivity index (χ1n) is 8.95. The normalized spacial score (nSPS) is 21.5. The summed E-state index contributed by atoms with van der Waals surface area (Å²) in [7, 11) is 0. The van der Waals surface area contributed by atoms with Crippen LogP contribution in [0.2, 0.25) is 5.02 Å². The Kier molecular flexibility index (Phi) is 4.78. The average molecular weight is 376 g/mol. The van der Waals surface area contributed by atoms with Crippen molar-refractivity contribution in [1.29, 1.82) is 0 Å². The fourth-order valence-corrected chi connectivity index (χ4v) is 5.09. The van der Waals surface area contributed by atoms with E-state index in [0.717, 1.165) is 34.8 Å². The first kappa shape index (κ1) is 17.0. The molecule has 2 heterocycles. The summed E-state index contributed by atoms with van der Waals surface area (Å²) in [5.41, 5.74) is 1.86. The first-order valence-corrected chi connectivity index (χ1v) is 10.2. The number of H-pyrrole nitrogens is 1. The lowest BCUT2D eigenvalue weighted by molar-refractivity contribution is 0.407. The van der Waals surface area contributed by atoms with E-state index >= 15 is 0 Å². The molecule has 0 radical (unpaired) electrons. The van der Waals surface area contributed by atoms with Crippen molar-refractivity contribution in [2.45, 2.75) is 56.7 Å². The fraction of sp³-hybridized carbons (Fsp3) is 0.474. The van der Waals surface area contributed by atoms with Gasteiger partial charge in [0.15, 0.2) is 5.82 Å². The minimum Gasteiger partial charge on any atom is -0.268 e. The van der Waals surface area contributed by atoms with Crippen LogP contribution in [0.25, 0.3) is 0 Å². The number of aromatic nitrogens is 2.